The molecule has 1 aliphatic rings. The summed E-state index contributed by atoms with van der Waals surface area (Å²) in [5.41, 5.74) is 8.03. The van der Waals surface area contributed by atoms with Crippen molar-refractivity contribution in [3.8, 4) is 0 Å². The minimum Gasteiger partial charge on any atom is -0.368 e. The molecule has 2 N–H and O–H groups in total. The summed E-state index contributed by atoms with van der Waals surface area (Å²) in [4.78, 5) is 31.6. The highest BCUT2D eigenvalue weighted by atomic mass is 32.1. The highest BCUT2D eigenvalue weighted by Gasteiger charge is 2.30. The van der Waals surface area contributed by atoms with Gasteiger partial charge in [-0.15, -0.1) is 11.3 Å². The number of carbonyl (C=O) groups excluding carboxylic acids is 1. The summed E-state index contributed by atoms with van der Waals surface area (Å²) >= 11 is 1.75. The Balaban J connectivity index is 1.61. The van der Waals surface area contributed by atoms with Crippen molar-refractivity contribution in [1.29, 1.82) is 0 Å². The summed E-state index contributed by atoms with van der Waals surface area (Å²) in [6.45, 7) is 14.5. The number of anilines is 1. The molecule has 1 aliphatic heterocycles. The van der Waals surface area contributed by atoms with Gasteiger partial charge in [-0.2, -0.15) is 0 Å². The van der Waals surface area contributed by atoms with Crippen LogP contribution in [0.25, 0.3) is 10.2 Å². The standard InChI is InChI=1S/C25H34N6OS/c1-5-29(6-2)16-20-27-24(21-17(3)18(4)33-25(21)28-20)31-14-12-30(13-15-31)22(23(26)32)19-10-8-7-9-11-19/h7-11,22H,5-6,12-16H2,1-4H3,(H2,26,32). The van der Waals surface area contributed by atoms with E-state index < -0.39 is 6.04 Å². The van der Waals surface area contributed by atoms with Gasteiger partial charge < -0.3 is 10.6 Å². The van der Waals surface area contributed by atoms with E-state index in [-0.39, 0.29) is 5.91 Å². The predicted molar refractivity (Wildman–Crippen MR) is 136 cm³/mol. The number of carbonyl (C=O) groups is 1. The fraction of sp³-hybridized carbons (Fsp3) is 0.480. The molecule has 1 fully saturated rings. The third kappa shape index (κ3) is 4.88. The van der Waals surface area contributed by atoms with Crippen molar-refractivity contribution in [2.75, 3.05) is 44.2 Å². The van der Waals surface area contributed by atoms with Crippen LogP contribution in [0.2, 0.25) is 0 Å². The molecule has 0 spiro atoms. The number of primary amides is 1. The van der Waals surface area contributed by atoms with E-state index in [4.69, 9.17) is 15.7 Å². The lowest BCUT2D eigenvalue weighted by atomic mass is 10.0. The molecule has 1 saturated heterocycles. The maximum absolute atomic E-state index is 12.3. The summed E-state index contributed by atoms with van der Waals surface area (Å²) in [6, 6.07) is 9.43. The van der Waals surface area contributed by atoms with Crippen molar-refractivity contribution < 1.29 is 4.79 Å². The molecule has 3 heterocycles. The Bertz CT molecular complexity index is 1100. The predicted octanol–water partition coefficient (Wildman–Crippen LogP) is 3.50. The molecular formula is C25H34N6OS. The number of aryl methyl sites for hydroxylation is 2. The Labute approximate surface area is 200 Å². The number of amides is 1. The van der Waals surface area contributed by atoms with Gasteiger partial charge in [0.15, 0.2) is 0 Å². The van der Waals surface area contributed by atoms with Crippen LogP contribution < -0.4 is 10.6 Å². The number of fused-ring (bicyclic) bond motifs is 1. The molecule has 0 saturated carbocycles. The second-order valence-corrected chi connectivity index (χ2v) is 9.83. The molecule has 1 unspecified atom stereocenters. The van der Waals surface area contributed by atoms with Crippen LogP contribution in [-0.4, -0.2) is 64.9 Å². The van der Waals surface area contributed by atoms with Crippen LogP contribution in [0.15, 0.2) is 30.3 Å². The Morgan fingerprint density at radius 3 is 2.36 bits per heavy atom. The normalized spacial score (nSPS) is 16.0. The quantitative estimate of drug-likeness (QED) is 0.547. The van der Waals surface area contributed by atoms with Gasteiger partial charge in [0.1, 0.15) is 22.5 Å². The summed E-state index contributed by atoms with van der Waals surface area (Å²) in [5.74, 6) is 1.60. The first kappa shape index (κ1) is 23.6. The summed E-state index contributed by atoms with van der Waals surface area (Å²) < 4.78 is 0. The summed E-state index contributed by atoms with van der Waals surface area (Å²) in [5, 5.41) is 1.17. The number of hydrogen-bond acceptors (Lipinski definition) is 7. The number of aromatic nitrogens is 2. The summed E-state index contributed by atoms with van der Waals surface area (Å²) in [7, 11) is 0. The Kier molecular flexibility index (Phi) is 7.26. The molecule has 176 valence electrons. The van der Waals surface area contributed by atoms with Crippen molar-refractivity contribution in [2.24, 2.45) is 5.73 Å². The number of rotatable bonds is 8. The fourth-order valence-electron chi connectivity index (χ4n) is 4.60. The molecule has 1 aromatic carbocycles. The van der Waals surface area contributed by atoms with Gasteiger partial charge in [-0.3, -0.25) is 14.6 Å². The van der Waals surface area contributed by atoms with E-state index in [9.17, 15) is 4.79 Å². The zero-order valence-corrected chi connectivity index (χ0v) is 20.9. The molecule has 3 aromatic rings. The Morgan fingerprint density at radius 1 is 1.09 bits per heavy atom. The van der Waals surface area contributed by atoms with E-state index in [2.05, 4.69) is 42.4 Å². The third-order valence-electron chi connectivity index (χ3n) is 6.68. The summed E-state index contributed by atoms with van der Waals surface area (Å²) in [6.07, 6.45) is 0. The van der Waals surface area contributed by atoms with Gasteiger partial charge in [0.05, 0.1) is 11.9 Å². The lowest BCUT2D eigenvalue weighted by Crippen LogP contribution is -2.50. The van der Waals surface area contributed by atoms with Gasteiger partial charge in [-0.1, -0.05) is 44.2 Å². The van der Waals surface area contributed by atoms with E-state index in [1.165, 1.54) is 15.8 Å². The van der Waals surface area contributed by atoms with Gasteiger partial charge in [-0.25, -0.2) is 9.97 Å². The Morgan fingerprint density at radius 2 is 1.76 bits per heavy atom. The fourth-order valence-corrected chi connectivity index (χ4v) is 5.64. The van der Waals surface area contributed by atoms with E-state index in [1.54, 1.807) is 11.3 Å². The molecule has 8 heteroatoms. The van der Waals surface area contributed by atoms with Crippen molar-refractivity contribution in [3.05, 3.63) is 52.2 Å². The van der Waals surface area contributed by atoms with E-state index in [1.807, 2.05) is 30.3 Å². The molecule has 2 aromatic heterocycles. The zero-order chi connectivity index (χ0) is 23.5. The molecular weight excluding hydrogens is 432 g/mol. The highest BCUT2D eigenvalue weighted by molar-refractivity contribution is 7.18. The van der Waals surface area contributed by atoms with Gasteiger partial charge in [-0.05, 0) is 38.1 Å². The topological polar surface area (TPSA) is 78.6 Å². The van der Waals surface area contributed by atoms with Crippen LogP contribution in [0.4, 0.5) is 5.82 Å². The number of nitrogens with zero attached hydrogens (tertiary/aromatic N) is 5. The van der Waals surface area contributed by atoms with Gasteiger partial charge in [0, 0.05) is 31.1 Å². The highest BCUT2D eigenvalue weighted by Crippen LogP contribution is 2.36. The first-order valence-corrected chi connectivity index (χ1v) is 12.6. The second-order valence-electron chi connectivity index (χ2n) is 8.63. The number of piperazine rings is 1. The monoisotopic (exact) mass is 466 g/mol. The largest absolute Gasteiger partial charge is 0.368 e. The van der Waals surface area contributed by atoms with Gasteiger partial charge in [0.2, 0.25) is 5.91 Å². The first-order chi connectivity index (χ1) is 15.9. The lowest BCUT2D eigenvalue weighted by molar-refractivity contribution is -0.123. The van der Waals surface area contributed by atoms with Crippen molar-refractivity contribution >= 4 is 33.3 Å². The first-order valence-electron chi connectivity index (χ1n) is 11.7. The zero-order valence-electron chi connectivity index (χ0n) is 20.0. The number of nitrogens with two attached hydrogens (primary N) is 1. The molecule has 1 atom stereocenters. The average Bonchev–Trinajstić information content (AvgIpc) is 3.11. The van der Waals surface area contributed by atoms with Crippen LogP contribution in [0.3, 0.4) is 0 Å². The van der Waals surface area contributed by atoms with Crippen LogP contribution in [-0.2, 0) is 11.3 Å². The van der Waals surface area contributed by atoms with Crippen molar-refractivity contribution in [1.82, 2.24) is 19.8 Å². The van der Waals surface area contributed by atoms with Crippen LogP contribution in [0.5, 0.6) is 0 Å². The second kappa shape index (κ2) is 10.2. The van der Waals surface area contributed by atoms with E-state index in [0.717, 1.165) is 67.8 Å². The van der Waals surface area contributed by atoms with Crippen molar-refractivity contribution in [2.45, 2.75) is 40.3 Å². The molecule has 4 rings (SSSR count). The minimum atomic E-state index is -0.401. The molecule has 0 bridgehead atoms. The SMILES string of the molecule is CCN(CC)Cc1nc(N2CCN(C(C(N)=O)c3ccccc3)CC2)c2c(C)c(C)sc2n1. The van der Waals surface area contributed by atoms with Crippen LogP contribution >= 0.6 is 11.3 Å². The van der Waals surface area contributed by atoms with Crippen molar-refractivity contribution in [3.63, 3.8) is 0 Å². The molecule has 0 aliphatic carbocycles. The van der Waals surface area contributed by atoms with Gasteiger partial charge in [0.25, 0.3) is 0 Å². The Hall–Kier alpha value is -2.55. The van der Waals surface area contributed by atoms with E-state index in [0.29, 0.717) is 0 Å². The van der Waals surface area contributed by atoms with Crippen LogP contribution in [0.1, 0.15) is 41.7 Å². The van der Waals surface area contributed by atoms with Gasteiger partial charge >= 0.3 is 0 Å². The average molecular weight is 467 g/mol. The van der Waals surface area contributed by atoms with Crippen LogP contribution in [0, 0.1) is 13.8 Å². The molecule has 1 amide bonds. The lowest BCUT2D eigenvalue weighted by Gasteiger charge is -2.39. The minimum absolute atomic E-state index is 0.301. The maximum atomic E-state index is 12.3. The maximum Gasteiger partial charge on any atom is 0.239 e. The molecule has 33 heavy (non-hydrogen) atoms. The number of hydrogen-bond donors (Lipinski definition) is 1. The van der Waals surface area contributed by atoms with E-state index >= 15 is 0 Å². The molecule has 0 radical (unpaired) electrons. The number of benzene rings is 1. The molecule has 7 nitrogen and oxygen atoms in total. The number of thiophene rings is 1. The third-order valence-corrected chi connectivity index (χ3v) is 7.78. The smallest absolute Gasteiger partial charge is 0.239 e.